The molecule has 0 aromatic heterocycles. The number of ether oxygens (including phenoxy) is 2. The summed E-state index contributed by atoms with van der Waals surface area (Å²) in [5, 5.41) is 8.92. The van der Waals surface area contributed by atoms with Crippen molar-refractivity contribution < 1.29 is 14.3 Å². The van der Waals surface area contributed by atoms with Crippen molar-refractivity contribution in [1.82, 2.24) is 0 Å². The van der Waals surface area contributed by atoms with Gasteiger partial charge in [0.1, 0.15) is 0 Å². The maximum Gasteiger partial charge on any atom is 0.336 e. The Kier molecular flexibility index (Phi) is 4.03. The molecule has 0 radical (unpaired) electrons. The van der Waals surface area contributed by atoms with Crippen molar-refractivity contribution in [1.29, 1.82) is 5.26 Å². The second-order valence-corrected chi connectivity index (χ2v) is 4.44. The van der Waals surface area contributed by atoms with E-state index in [2.05, 4.69) is 11.0 Å². The first-order valence-electron chi connectivity index (χ1n) is 6.11. The van der Waals surface area contributed by atoms with E-state index in [0.717, 1.165) is 17.8 Å². The molecule has 1 aliphatic rings. The zero-order chi connectivity index (χ0) is 13.8. The molecule has 1 aromatic carbocycles. The summed E-state index contributed by atoms with van der Waals surface area (Å²) in [6.45, 7) is 3.58. The minimum Gasteiger partial charge on any atom is -0.467 e. The van der Waals surface area contributed by atoms with Gasteiger partial charge in [-0.05, 0) is 30.7 Å². The van der Waals surface area contributed by atoms with E-state index in [0.29, 0.717) is 18.7 Å². The summed E-state index contributed by atoms with van der Waals surface area (Å²) in [4.78, 5) is 13.6. The third kappa shape index (κ3) is 2.85. The van der Waals surface area contributed by atoms with Crippen molar-refractivity contribution in [3.05, 3.63) is 29.3 Å². The lowest BCUT2D eigenvalue weighted by atomic mass is 10.1. The molecule has 1 aromatic rings. The van der Waals surface area contributed by atoms with Crippen molar-refractivity contribution in [2.45, 2.75) is 13.0 Å². The molecule has 0 amide bonds. The van der Waals surface area contributed by atoms with E-state index in [1.165, 1.54) is 7.11 Å². The Balaban J connectivity index is 2.16. The number of esters is 1. The molecule has 0 aliphatic carbocycles. The molecule has 1 fully saturated rings. The van der Waals surface area contributed by atoms with Gasteiger partial charge in [0.05, 0.1) is 31.9 Å². The van der Waals surface area contributed by atoms with Crippen LogP contribution >= 0.6 is 0 Å². The average Bonchev–Trinajstić information content (AvgIpc) is 2.46. The summed E-state index contributed by atoms with van der Waals surface area (Å²) in [7, 11) is 1.36. The zero-order valence-corrected chi connectivity index (χ0v) is 11.0. The number of hydrogen-bond acceptors (Lipinski definition) is 5. The molecule has 0 spiro atoms. The van der Waals surface area contributed by atoms with E-state index < -0.39 is 6.10 Å². The van der Waals surface area contributed by atoms with Crippen molar-refractivity contribution in [2.24, 2.45) is 0 Å². The van der Waals surface area contributed by atoms with E-state index in [4.69, 9.17) is 14.7 Å². The summed E-state index contributed by atoms with van der Waals surface area (Å²) >= 11 is 0. The molecule has 0 saturated carbocycles. The summed E-state index contributed by atoms with van der Waals surface area (Å²) in [5.41, 5.74) is 2.59. The van der Waals surface area contributed by atoms with Gasteiger partial charge in [0, 0.05) is 12.2 Å². The van der Waals surface area contributed by atoms with Gasteiger partial charge in [0.15, 0.2) is 6.10 Å². The second-order valence-electron chi connectivity index (χ2n) is 4.44. The number of methoxy groups -OCH3 is 1. The lowest BCUT2D eigenvalue weighted by Crippen LogP contribution is -2.46. The number of carbonyl (C=O) groups is 1. The van der Waals surface area contributed by atoms with E-state index in [1.54, 1.807) is 6.07 Å². The van der Waals surface area contributed by atoms with E-state index in [1.807, 2.05) is 19.1 Å². The molecule has 5 heteroatoms. The first kappa shape index (κ1) is 13.4. The van der Waals surface area contributed by atoms with Crippen LogP contribution in [0.1, 0.15) is 11.1 Å². The maximum atomic E-state index is 11.5. The quantitative estimate of drug-likeness (QED) is 0.749. The fraction of sp³-hybridized carbons (Fsp3) is 0.429. The van der Waals surface area contributed by atoms with Crippen LogP contribution in [0, 0.1) is 18.3 Å². The summed E-state index contributed by atoms with van der Waals surface area (Å²) in [6, 6.07) is 7.79. The molecule has 1 atom stereocenters. The van der Waals surface area contributed by atoms with Crippen molar-refractivity contribution >= 4 is 11.7 Å². The average molecular weight is 260 g/mol. The molecule has 1 saturated heterocycles. The third-order valence-corrected chi connectivity index (χ3v) is 3.23. The number of rotatable bonds is 2. The number of aryl methyl sites for hydroxylation is 1. The van der Waals surface area contributed by atoms with Crippen molar-refractivity contribution in [2.75, 3.05) is 31.7 Å². The van der Waals surface area contributed by atoms with Crippen LogP contribution in [-0.2, 0) is 14.3 Å². The van der Waals surface area contributed by atoms with Crippen molar-refractivity contribution in [3.63, 3.8) is 0 Å². The molecule has 100 valence electrons. The van der Waals surface area contributed by atoms with Gasteiger partial charge in [-0.1, -0.05) is 0 Å². The minimum atomic E-state index is -0.547. The summed E-state index contributed by atoms with van der Waals surface area (Å²) in [6.07, 6.45) is -0.547. The topological polar surface area (TPSA) is 62.6 Å². The Bertz CT molecular complexity index is 522. The number of morpholine rings is 1. The van der Waals surface area contributed by atoms with Gasteiger partial charge >= 0.3 is 5.97 Å². The standard InChI is InChI=1S/C14H16N2O3/c1-10-7-12(4-3-11(10)8-15)16-5-6-19-13(9-16)14(17)18-2/h3-4,7,13H,5-6,9H2,1-2H3. The molecule has 1 heterocycles. The van der Waals surface area contributed by atoms with Gasteiger partial charge in [-0.25, -0.2) is 4.79 Å². The highest BCUT2D eigenvalue weighted by molar-refractivity contribution is 5.75. The van der Waals surface area contributed by atoms with E-state index in [9.17, 15) is 4.79 Å². The third-order valence-electron chi connectivity index (χ3n) is 3.23. The molecular weight excluding hydrogens is 244 g/mol. The molecule has 1 aliphatic heterocycles. The van der Waals surface area contributed by atoms with Gasteiger partial charge < -0.3 is 14.4 Å². The Labute approximate surface area is 112 Å². The first-order chi connectivity index (χ1) is 9.15. The lowest BCUT2D eigenvalue weighted by molar-refractivity contribution is -0.154. The fourth-order valence-electron chi connectivity index (χ4n) is 2.13. The maximum absolute atomic E-state index is 11.5. The Morgan fingerprint density at radius 2 is 2.37 bits per heavy atom. The summed E-state index contributed by atoms with van der Waals surface area (Å²) in [5.74, 6) is -0.352. The lowest BCUT2D eigenvalue weighted by Gasteiger charge is -2.33. The van der Waals surface area contributed by atoms with Crippen LogP contribution in [0.3, 0.4) is 0 Å². The predicted octanol–water partition coefficient (Wildman–Crippen LogP) is 1.24. The molecule has 2 rings (SSSR count). The van der Waals surface area contributed by atoms with Gasteiger partial charge in [-0.2, -0.15) is 5.26 Å². The largest absolute Gasteiger partial charge is 0.467 e. The first-order valence-corrected chi connectivity index (χ1v) is 6.11. The SMILES string of the molecule is COC(=O)C1CN(c2ccc(C#N)c(C)c2)CCO1. The smallest absolute Gasteiger partial charge is 0.336 e. The Morgan fingerprint density at radius 3 is 3.00 bits per heavy atom. The van der Waals surface area contributed by atoms with Gasteiger partial charge in [0.2, 0.25) is 0 Å². The van der Waals surface area contributed by atoms with Crippen LogP contribution in [-0.4, -0.2) is 38.9 Å². The number of carbonyl (C=O) groups excluding carboxylic acids is 1. The van der Waals surface area contributed by atoms with Gasteiger partial charge in [-0.3, -0.25) is 0 Å². The van der Waals surface area contributed by atoms with Crippen LogP contribution < -0.4 is 4.90 Å². The molecule has 1 unspecified atom stereocenters. The molecule has 19 heavy (non-hydrogen) atoms. The molecule has 5 nitrogen and oxygen atoms in total. The highest BCUT2D eigenvalue weighted by Crippen LogP contribution is 2.21. The van der Waals surface area contributed by atoms with Crippen LogP contribution in [0.5, 0.6) is 0 Å². The second kappa shape index (κ2) is 5.72. The van der Waals surface area contributed by atoms with Crippen LogP contribution in [0.15, 0.2) is 18.2 Å². The van der Waals surface area contributed by atoms with Crippen molar-refractivity contribution in [3.8, 4) is 6.07 Å². The van der Waals surface area contributed by atoms with Crippen LogP contribution in [0.2, 0.25) is 0 Å². The number of anilines is 1. The number of nitrogens with zero attached hydrogens (tertiary/aromatic N) is 2. The van der Waals surface area contributed by atoms with E-state index >= 15 is 0 Å². The fourth-order valence-corrected chi connectivity index (χ4v) is 2.13. The Morgan fingerprint density at radius 1 is 1.58 bits per heavy atom. The number of nitriles is 1. The minimum absolute atomic E-state index is 0.352. The number of benzene rings is 1. The Hall–Kier alpha value is -2.06. The highest BCUT2D eigenvalue weighted by Gasteiger charge is 2.27. The molecule has 0 N–H and O–H groups in total. The van der Waals surface area contributed by atoms with Gasteiger partial charge in [0.25, 0.3) is 0 Å². The summed E-state index contributed by atoms with van der Waals surface area (Å²) < 4.78 is 10.1. The normalized spacial score (nSPS) is 18.8. The van der Waals surface area contributed by atoms with Crippen LogP contribution in [0.25, 0.3) is 0 Å². The van der Waals surface area contributed by atoms with E-state index in [-0.39, 0.29) is 5.97 Å². The highest BCUT2D eigenvalue weighted by atomic mass is 16.6. The zero-order valence-electron chi connectivity index (χ0n) is 11.0. The number of hydrogen-bond donors (Lipinski definition) is 0. The monoisotopic (exact) mass is 260 g/mol. The molecular formula is C14H16N2O3. The molecule has 0 bridgehead atoms. The van der Waals surface area contributed by atoms with Crippen LogP contribution in [0.4, 0.5) is 5.69 Å². The predicted molar refractivity (Wildman–Crippen MR) is 69.9 cm³/mol. The van der Waals surface area contributed by atoms with Gasteiger partial charge in [-0.15, -0.1) is 0 Å².